The number of hydrogen-bond donors (Lipinski definition) is 1. The monoisotopic (exact) mass is 354 g/mol. The van der Waals surface area contributed by atoms with Gasteiger partial charge in [0, 0.05) is 7.05 Å². The van der Waals surface area contributed by atoms with E-state index in [4.69, 9.17) is 0 Å². The zero-order valence-electron chi connectivity index (χ0n) is 15.3. The molecule has 3 amide bonds. The van der Waals surface area contributed by atoms with Crippen LogP contribution in [0.5, 0.6) is 0 Å². The second kappa shape index (κ2) is 6.23. The molecular weight excluding hydrogens is 328 g/mol. The number of β-amino-alcohol motifs (C(OH)–C–C–N with tert-alkyl or cyclic N) is 1. The number of allylic oxidation sites excluding steroid dienone is 2. The number of carbonyl (C=O) groups excluding carboxylic acids is 2. The molecule has 1 aromatic carbocycles. The number of rotatable bonds is 4. The van der Waals surface area contributed by atoms with E-state index in [9.17, 15) is 14.7 Å². The molecule has 2 bridgehead atoms. The summed E-state index contributed by atoms with van der Waals surface area (Å²) in [5.41, 5.74) is -0.120. The first-order valence-electron chi connectivity index (χ1n) is 9.44. The van der Waals surface area contributed by atoms with Gasteiger partial charge in [-0.1, -0.05) is 42.5 Å². The van der Waals surface area contributed by atoms with Crippen LogP contribution in [0.25, 0.3) is 0 Å². The summed E-state index contributed by atoms with van der Waals surface area (Å²) < 4.78 is 0. The lowest BCUT2D eigenvalue weighted by Gasteiger charge is -2.47. The quantitative estimate of drug-likeness (QED) is 0.668. The van der Waals surface area contributed by atoms with Crippen molar-refractivity contribution in [3.05, 3.63) is 48.0 Å². The highest BCUT2D eigenvalue weighted by molar-refractivity contribution is 6.07. The van der Waals surface area contributed by atoms with E-state index in [0.717, 1.165) is 12.8 Å². The van der Waals surface area contributed by atoms with Crippen LogP contribution in [0, 0.1) is 17.8 Å². The van der Waals surface area contributed by atoms with E-state index < -0.39 is 11.6 Å². The summed E-state index contributed by atoms with van der Waals surface area (Å²) in [6.07, 6.45) is 6.85. The Kier molecular flexibility index (Phi) is 4.14. The topological polar surface area (TPSA) is 60.9 Å². The molecule has 5 rings (SSSR count). The fourth-order valence-corrected chi connectivity index (χ4v) is 4.98. The van der Waals surface area contributed by atoms with Crippen LogP contribution in [-0.2, 0) is 4.79 Å². The second-order valence-corrected chi connectivity index (χ2v) is 8.06. The Morgan fingerprint density at radius 2 is 1.92 bits per heavy atom. The molecule has 1 saturated carbocycles. The fraction of sp³-hybridized carbons (Fsp3) is 0.524. The molecule has 5 heteroatoms. The molecule has 0 aromatic heterocycles. The lowest BCUT2D eigenvalue weighted by atomic mass is 9.62. The number of likely N-dealkylation sites (N-methyl/N-ethyl adjacent to an activating group) is 1. The highest BCUT2D eigenvalue weighted by atomic mass is 16.3. The van der Waals surface area contributed by atoms with E-state index in [1.165, 1.54) is 11.3 Å². The number of nitrogens with zero attached hydrogens (tertiary/aromatic N) is 2. The summed E-state index contributed by atoms with van der Waals surface area (Å²) in [6.45, 7) is 1.90. The third-order valence-electron chi connectivity index (χ3n) is 6.73. The lowest BCUT2D eigenvalue weighted by Crippen LogP contribution is -2.55. The van der Waals surface area contributed by atoms with E-state index in [2.05, 4.69) is 12.2 Å². The van der Waals surface area contributed by atoms with Crippen LogP contribution >= 0.6 is 0 Å². The Hall–Kier alpha value is -2.14. The average molecular weight is 354 g/mol. The number of aliphatic hydroxyl groups is 1. The average Bonchev–Trinajstić information content (AvgIpc) is 2.85. The van der Waals surface area contributed by atoms with Gasteiger partial charge in [0.15, 0.2) is 0 Å². The number of fused-ring (bicyclic) bond motifs is 2. The van der Waals surface area contributed by atoms with Crippen LogP contribution in [0.4, 0.5) is 4.79 Å². The molecule has 2 unspecified atom stereocenters. The number of amides is 3. The zero-order valence-corrected chi connectivity index (χ0v) is 15.3. The largest absolute Gasteiger partial charge is 0.387 e. The van der Waals surface area contributed by atoms with Crippen molar-refractivity contribution in [2.75, 3.05) is 13.6 Å². The van der Waals surface area contributed by atoms with Crippen LogP contribution in [0.3, 0.4) is 0 Å². The molecule has 3 aliphatic carbocycles. The molecule has 4 aliphatic rings. The first-order valence-corrected chi connectivity index (χ1v) is 9.44. The second-order valence-electron chi connectivity index (χ2n) is 8.06. The molecule has 1 heterocycles. The van der Waals surface area contributed by atoms with Crippen LogP contribution in [-0.4, -0.2) is 46.0 Å². The van der Waals surface area contributed by atoms with Crippen molar-refractivity contribution in [1.29, 1.82) is 0 Å². The van der Waals surface area contributed by atoms with Crippen LogP contribution in [0.15, 0.2) is 42.5 Å². The standard InChI is InChI=1S/C21H26N2O3/c1-21(17-12-14-8-10-15(17)11-9-14)19(25)23(20(26)22(21)2)13-18(24)16-6-4-3-5-7-16/h3-8,10,14-15,17-18,24H,9,11-13H2,1-2H3/t14-,15+,17-,18?,21?/m0/s1. The molecule has 1 aliphatic heterocycles. The number of carbonyl (C=O) groups is 2. The van der Waals surface area contributed by atoms with Crippen LogP contribution in [0.1, 0.15) is 37.9 Å². The smallest absolute Gasteiger partial charge is 0.327 e. The van der Waals surface area contributed by atoms with Gasteiger partial charge < -0.3 is 10.0 Å². The van der Waals surface area contributed by atoms with Gasteiger partial charge in [-0.25, -0.2) is 4.79 Å². The zero-order chi connectivity index (χ0) is 18.5. The Labute approximate surface area is 154 Å². The van der Waals surface area contributed by atoms with E-state index in [0.29, 0.717) is 17.4 Å². The SMILES string of the molecule is CN1C(=O)N(CC(O)c2ccccc2)C(=O)C1(C)[C@H]1C[C@H]2C=C[C@@H]1CC2. The van der Waals surface area contributed by atoms with E-state index in [1.54, 1.807) is 11.9 Å². The van der Waals surface area contributed by atoms with E-state index in [-0.39, 0.29) is 24.4 Å². The van der Waals surface area contributed by atoms with Crippen molar-refractivity contribution in [2.24, 2.45) is 17.8 Å². The van der Waals surface area contributed by atoms with Crippen molar-refractivity contribution in [2.45, 2.75) is 37.8 Å². The predicted octanol–water partition coefficient (Wildman–Crippen LogP) is 2.98. The predicted molar refractivity (Wildman–Crippen MR) is 98.1 cm³/mol. The summed E-state index contributed by atoms with van der Waals surface area (Å²) in [5, 5.41) is 10.5. The summed E-state index contributed by atoms with van der Waals surface area (Å²) in [7, 11) is 1.72. The van der Waals surface area contributed by atoms with E-state index >= 15 is 0 Å². The van der Waals surface area contributed by atoms with Gasteiger partial charge in [0.2, 0.25) is 0 Å². The lowest BCUT2D eigenvalue weighted by molar-refractivity contribution is -0.137. The third-order valence-corrected chi connectivity index (χ3v) is 6.73. The van der Waals surface area contributed by atoms with Crippen molar-refractivity contribution in [3.63, 3.8) is 0 Å². The molecule has 0 spiro atoms. The summed E-state index contributed by atoms with van der Waals surface area (Å²) in [6, 6.07) is 8.87. The van der Waals surface area contributed by atoms with Gasteiger partial charge >= 0.3 is 6.03 Å². The normalized spacial score (nSPS) is 34.7. The van der Waals surface area contributed by atoms with Gasteiger partial charge in [0.1, 0.15) is 5.54 Å². The number of imide groups is 1. The Bertz CT molecular complexity index is 747. The molecule has 26 heavy (non-hydrogen) atoms. The van der Waals surface area contributed by atoms with Crippen molar-refractivity contribution >= 4 is 11.9 Å². The molecule has 0 radical (unpaired) electrons. The van der Waals surface area contributed by atoms with Crippen molar-refractivity contribution < 1.29 is 14.7 Å². The number of benzene rings is 1. The van der Waals surface area contributed by atoms with Gasteiger partial charge in [0.05, 0.1) is 12.6 Å². The minimum Gasteiger partial charge on any atom is -0.387 e. The van der Waals surface area contributed by atoms with Gasteiger partial charge in [-0.05, 0) is 49.5 Å². The van der Waals surface area contributed by atoms with Crippen LogP contribution < -0.4 is 0 Å². The molecule has 5 nitrogen and oxygen atoms in total. The maximum atomic E-state index is 13.3. The first-order chi connectivity index (χ1) is 12.4. The molecule has 1 saturated heterocycles. The maximum Gasteiger partial charge on any atom is 0.327 e. The highest BCUT2D eigenvalue weighted by Crippen LogP contribution is 2.49. The minimum absolute atomic E-state index is 0.00172. The first kappa shape index (κ1) is 17.3. The van der Waals surface area contributed by atoms with Gasteiger partial charge in [-0.2, -0.15) is 0 Å². The summed E-state index contributed by atoms with van der Waals surface area (Å²) >= 11 is 0. The number of aliphatic hydroxyl groups excluding tert-OH is 1. The van der Waals surface area contributed by atoms with E-state index in [1.807, 2.05) is 37.3 Å². The van der Waals surface area contributed by atoms with Crippen molar-refractivity contribution in [3.8, 4) is 0 Å². The van der Waals surface area contributed by atoms with Gasteiger partial charge in [-0.3, -0.25) is 9.69 Å². The molecule has 5 atom stereocenters. The Morgan fingerprint density at radius 1 is 1.19 bits per heavy atom. The van der Waals surface area contributed by atoms with Gasteiger partial charge in [0.25, 0.3) is 5.91 Å². The third kappa shape index (κ3) is 2.49. The molecule has 1 aromatic rings. The summed E-state index contributed by atoms with van der Waals surface area (Å²) in [4.78, 5) is 29.0. The molecule has 138 valence electrons. The van der Waals surface area contributed by atoms with Crippen LogP contribution in [0.2, 0.25) is 0 Å². The molecular formula is C21H26N2O3. The van der Waals surface area contributed by atoms with Crippen molar-refractivity contribution in [1.82, 2.24) is 9.80 Å². The Balaban J connectivity index is 1.58. The molecule has 1 N–H and O–H groups in total. The Morgan fingerprint density at radius 3 is 2.50 bits per heavy atom. The minimum atomic E-state index is -0.873. The number of urea groups is 1. The fourth-order valence-electron chi connectivity index (χ4n) is 4.98. The van der Waals surface area contributed by atoms with Gasteiger partial charge in [-0.15, -0.1) is 0 Å². The number of hydrogen-bond acceptors (Lipinski definition) is 3. The maximum absolute atomic E-state index is 13.3. The highest BCUT2D eigenvalue weighted by Gasteiger charge is 2.59. The molecule has 2 fully saturated rings. The summed E-state index contributed by atoms with van der Waals surface area (Å²) in [5.74, 6) is 0.836.